The minimum absolute atomic E-state index is 0.0140. The van der Waals surface area contributed by atoms with E-state index in [2.05, 4.69) is 34.0 Å². The Labute approximate surface area is 332 Å². The van der Waals surface area contributed by atoms with Gasteiger partial charge in [-0.3, -0.25) is 4.79 Å². The van der Waals surface area contributed by atoms with Crippen LogP contribution in [0.1, 0.15) is 98.2 Å². The summed E-state index contributed by atoms with van der Waals surface area (Å²) in [4.78, 5) is 51.1. The number of nitrogens with one attached hydrogen (secondary N) is 1. The van der Waals surface area contributed by atoms with Crippen molar-refractivity contribution in [3.63, 3.8) is 0 Å². The number of benzene rings is 2. The predicted molar refractivity (Wildman–Crippen MR) is 218 cm³/mol. The second-order valence-electron chi connectivity index (χ2n) is 16.7. The molecule has 2 amide bonds. The summed E-state index contributed by atoms with van der Waals surface area (Å²) in [5, 5.41) is 12.0. The van der Waals surface area contributed by atoms with Gasteiger partial charge in [0.15, 0.2) is 0 Å². The molecule has 2 aromatic carbocycles. The molecule has 0 radical (unpaired) electrons. The fourth-order valence-corrected chi connectivity index (χ4v) is 8.25. The molecule has 3 aromatic rings. The zero-order valence-corrected chi connectivity index (χ0v) is 34.7. The van der Waals surface area contributed by atoms with Crippen LogP contribution >= 0.6 is 22.6 Å². The molecule has 1 aromatic heterocycles. The Morgan fingerprint density at radius 1 is 1.04 bits per heavy atom. The number of carbonyl (C=O) groups is 3. The third-order valence-electron chi connectivity index (χ3n) is 9.99. The van der Waals surface area contributed by atoms with Crippen molar-refractivity contribution in [3.05, 3.63) is 65.9 Å². The Morgan fingerprint density at radius 3 is 2.43 bits per heavy atom. The lowest BCUT2D eigenvalue weighted by atomic mass is 9.85. The number of carboxylic acid groups (broad SMARTS) is 1. The first-order valence-electron chi connectivity index (χ1n) is 19.0. The van der Waals surface area contributed by atoms with Crippen LogP contribution in [0.2, 0.25) is 0 Å². The molecule has 2 fully saturated rings. The minimum Gasteiger partial charge on any atom is -0.489 e. The summed E-state index contributed by atoms with van der Waals surface area (Å²) in [5.74, 6) is 0.0443. The maximum absolute atomic E-state index is 14.2. The van der Waals surface area contributed by atoms with E-state index in [1.165, 1.54) is 30.6 Å². The van der Waals surface area contributed by atoms with Gasteiger partial charge in [-0.15, -0.1) is 0 Å². The molecule has 0 unspecified atom stereocenters. The molecule has 6 atom stereocenters. The van der Waals surface area contributed by atoms with Crippen molar-refractivity contribution in [2.24, 2.45) is 17.3 Å². The summed E-state index contributed by atoms with van der Waals surface area (Å²) in [6.45, 7) is 12.9. The lowest BCUT2D eigenvalue weighted by Gasteiger charge is -2.35. The van der Waals surface area contributed by atoms with Crippen molar-refractivity contribution in [2.45, 2.75) is 121 Å². The predicted octanol–water partition coefficient (Wildman–Crippen LogP) is 8.61. The normalized spacial score (nSPS) is 22.4. The van der Waals surface area contributed by atoms with Gasteiger partial charge in [0, 0.05) is 15.9 Å². The van der Waals surface area contributed by atoms with Crippen molar-refractivity contribution < 1.29 is 33.7 Å². The lowest BCUT2D eigenvalue weighted by Crippen LogP contribution is -2.57. The molecule has 2 N–H and O–H groups in total. The Balaban J connectivity index is 1.45. The number of alkyl halides is 1. The average Bonchev–Trinajstić information content (AvgIpc) is 3.66. The fourth-order valence-electron chi connectivity index (χ4n) is 7.17. The highest BCUT2D eigenvalue weighted by Crippen LogP contribution is 2.36. The number of amides is 2. The Morgan fingerprint density at radius 2 is 1.78 bits per heavy atom. The summed E-state index contributed by atoms with van der Waals surface area (Å²) in [6.07, 6.45) is 9.11. The maximum Gasteiger partial charge on any atom is 0.405 e. The number of fused-ring (bicyclic) bond motifs is 1. The van der Waals surface area contributed by atoms with Crippen LogP contribution in [0.4, 0.5) is 4.79 Å². The summed E-state index contributed by atoms with van der Waals surface area (Å²) < 4.78 is 19.4. The van der Waals surface area contributed by atoms with Crippen LogP contribution < -0.4 is 14.8 Å². The van der Waals surface area contributed by atoms with Gasteiger partial charge in [-0.2, -0.15) is 0 Å². The first kappa shape index (κ1) is 41.2. The summed E-state index contributed by atoms with van der Waals surface area (Å²) in [6, 6.07) is 13.3. The third kappa shape index (κ3) is 11.1. The number of rotatable bonds is 13. The van der Waals surface area contributed by atoms with Gasteiger partial charge in [0.25, 0.3) is 0 Å². The van der Waals surface area contributed by atoms with E-state index in [9.17, 15) is 19.5 Å². The minimum atomic E-state index is -1.33. The highest BCUT2D eigenvalue weighted by Gasteiger charge is 2.51. The summed E-state index contributed by atoms with van der Waals surface area (Å²) >= 11 is 2.56. The van der Waals surface area contributed by atoms with Crippen LogP contribution in [0.5, 0.6) is 11.6 Å². The van der Waals surface area contributed by atoms with Gasteiger partial charge in [-0.05, 0) is 88.0 Å². The molecular weight excluding hydrogens is 799 g/mol. The Kier molecular flexibility index (Phi) is 13.5. The monoisotopic (exact) mass is 854 g/mol. The van der Waals surface area contributed by atoms with E-state index in [0.717, 1.165) is 28.2 Å². The summed E-state index contributed by atoms with van der Waals surface area (Å²) in [7, 11) is 0. The SMILES string of the molecule is C[C@@H]1[C@@H](Oc2nc3cc(OCc4ccccc4)ccc3nc2/C=C/CCC[C@H]2CC[C@H](I)C2)CN(C(=O)[C@@H](NC(=O)O)C(C)(C)C)[C@@H]1C(=O)OC(C)(C)C. The number of unbranched alkanes of at least 4 members (excludes halogenated alkanes) is 1. The molecule has 1 aliphatic heterocycles. The number of likely N-dealkylation sites (tertiary alicyclic amines) is 1. The van der Waals surface area contributed by atoms with Gasteiger partial charge < -0.3 is 29.5 Å². The van der Waals surface area contributed by atoms with E-state index < -0.39 is 53.1 Å². The molecular formula is C42H55IN4O7. The molecule has 1 saturated heterocycles. The van der Waals surface area contributed by atoms with Crippen molar-refractivity contribution in [1.29, 1.82) is 0 Å². The largest absolute Gasteiger partial charge is 0.489 e. The van der Waals surface area contributed by atoms with E-state index >= 15 is 0 Å². The van der Waals surface area contributed by atoms with Gasteiger partial charge in [0.1, 0.15) is 41.8 Å². The number of esters is 1. The molecule has 12 heteroatoms. The van der Waals surface area contributed by atoms with Crippen molar-refractivity contribution in [1.82, 2.24) is 20.2 Å². The van der Waals surface area contributed by atoms with Crippen LogP contribution in [0, 0.1) is 17.3 Å². The number of nitrogens with zero attached hydrogens (tertiary/aromatic N) is 3. The summed E-state index contributed by atoms with van der Waals surface area (Å²) in [5.41, 5.74) is 1.22. The number of carbonyl (C=O) groups excluding carboxylic acids is 2. The zero-order valence-electron chi connectivity index (χ0n) is 32.5. The maximum atomic E-state index is 14.2. The van der Waals surface area contributed by atoms with Crippen LogP contribution in [0.15, 0.2) is 54.6 Å². The second kappa shape index (κ2) is 17.7. The molecule has 0 bridgehead atoms. The highest BCUT2D eigenvalue weighted by molar-refractivity contribution is 14.1. The molecule has 2 aliphatic rings. The number of allylic oxidation sites excluding steroid dienone is 1. The van der Waals surface area contributed by atoms with E-state index in [-0.39, 0.29) is 12.4 Å². The molecule has 1 aliphatic carbocycles. The Bertz CT molecular complexity index is 1810. The number of hydrogen-bond acceptors (Lipinski definition) is 8. The number of ether oxygens (including phenoxy) is 3. The van der Waals surface area contributed by atoms with Crippen LogP contribution in [0.25, 0.3) is 17.1 Å². The molecule has 1 saturated carbocycles. The van der Waals surface area contributed by atoms with E-state index in [1.807, 2.05) is 61.5 Å². The molecule has 54 heavy (non-hydrogen) atoms. The van der Waals surface area contributed by atoms with E-state index in [1.54, 1.807) is 41.5 Å². The van der Waals surface area contributed by atoms with Gasteiger partial charge in [-0.25, -0.2) is 19.6 Å². The second-order valence-corrected chi connectivity index (χ2v) is 18.4. The number of hydrogen-bond donors (Lipinski definition) is 2. The molecule has 292 valence electrons. The molecule has 2 heterocycles. The number of aromatic nitrogens is 2. The van der Waals surface area contributed by atoms with Crippen molar-refractivity contribution >= 4 is 57.7 Å². The highest BCUT2D eigenvalue weighted by atomic mass is 127. The average molecular weight is 855 g/mol. The Hall–Kier alpha value is -3.94. The first-order valence-corrected chi connectivity index (χ1v) is 20.2. The van der Waals surface area contributed by atoms with Crippen LogP contribution in [0.3, 0.4) is 0 Å². The quantitative estimate of drug-likeness (QED) is 0.0749. The zero-order chi connectivity index (χ0) is 39.2. The molecule has 5 rings (SSSR count). The van der Waals surface area contributed by atoms with E-state index in [0.29, 0.717) is 29.1 Å². The molecule has 11 nitrogen and oxygen atoms in total. The van der Waals surface area contributed by atoms with Gasteiger partial charge in [0.05, 0.1) is 17.6 Å². The van der Waals surface area contributed by atoms with E-state index in [4.69, 9.17) is 24.2 Å². The van der Waals surface area contributed by atoms with Crippen LogP contribution in [-0.2, 0) is 20.9 Å². The fraction of sp³-hybridized carbons (Fsp3) is 0.548. The smallest absolute Gasteiger partial charge is 0.405 e. The molecule has 0 spiro atoms. The first-order chi connectivity index (χ1) is 25.5. The van der Waals surface area contributed by atoms with Gasteiger partial charge in [0.2, 0.25) is 11.8 Å². The standard InChI is InChI=1S/C42H55IN4O7/c1-26-34(24-47(35(26)39(49)54-42(5,6)7)38(48)36(41(2,3)4)46-40(50)51)53-37-32(17-13-9-10-14-27-18-19-29(43)22-27)44-31-21-20-30(23-33(31)45-37)52-25-28-15-11-8-12-16-28/h8,11-13,15-17,20-21,23,26-27,29,34-36,46H,9-10,14,18-19,22,24-25H2,1-7H3,(H,50,51)/b17-13+/t26-,27+,29+,34+,35+,36-/m1/s1. The van der Waals surface area contributed by atoms with Crippen molar-refractivity contribution in [2.75, 3.05) is 6.54 Å². The number of halogens is 1. The topological polar surface area (TPSA) is 140 Å². The van der Waals surface area contributed by atoms with Crippen LogP contribution in [-0.4, -0.2) is 72.2 Å². The van der Waals surface area contributed by atoms with Gasteiger partial charge in [-0.1, -0.05) is 93.1 Å². The third-order valence-corrected chi connectivity index (χ3v) is 11.1. The van der Waals surface area contributed by atoms with Gasteiger partial charge >= 0.3 is 12.1 Å². The van der Waals surface area contributed by atoms with Crippen molar-refractivity contribution in [3.8, 4) is 11.6 Å². The lowest BCUT2D eigenvalue weighted by molar-refractivity contribution is -0.165.